The highest BCUT2D eigenvalue weighted by Crippen LogP contribution is 2.53. The van der Waals surface area contributed by atoms with Crippen molar-refractivity contribution >= 4 is 18.1 Å². The molecule has 2 N–H and O–H groups in total. The van der Waals surface area contributed by atoms with Crippen LogP contribution >= 0.6 is 0 Å². The second-order valence-electron chi connectivity index (χ2n) is 6.30. The first kappa shape index (κ1) is 12.5. The monoisotopic (exact) mass is 231 g/mol. The molecule has 0 bridgehead atoms. The average Bonchev–Trinajstić information content (AvgIpc) is 2.22. The fourth-order valence-corrected chi connectivity index (χ4v) is 2.50. The molecule has 0 aliphatic carbocycles. The molecule has 1 aromatic rings. The van der Waals surface area contributed by atoms with Gasteiger partial charge in [0.2, 0.25) is 0 Å². The van der Waals surface area contributed by atoms with Crippen molar-refractivity contribution in [2.75, 3.05) is 5.73 Å². The Morgan fingerprint density at radius 1 is 1.06 bits per heavy atom. The lowest BCUT2D eigenvalue weighted by molar-refractivity contribution is -0.00940. The van der Waals surface area contributed by atoms with Crippen LogP contribution in [0.1, 0.15) is 38.8 Å². The smallest absolute Gasteiger partial charge is 0.335 e. The molecule has 1 saturated heterocycles. The minimum atomic E-state index is -0.0547. The summed E-state index contributed by atoms with van der Waals surface area (Å²) in [5.74, 6) is 0. The van der Waals surface area contributed by atoms with Gasteiger partial charge in [0.15, 0.2) is 0 Å². The van der Waals surface area contributed by atoms with Crippen molar-refractivity contribution in [2.24, 2.45) is 0 Å². The molecule has 2 rings (SSSR count). The van der Waals surface area contributed by atoms with E-state index in [1.165, 1.54) is 5.46 Å². The van der Waals surface area contributed by atoms with Gasteiger partial charge in [-0.25, -0.2) is 0 Å². The first-order valence-electron chi connectivity index (χ1n) is 6.21. The summed E-state index contributed by atoms with van der Waals surface area (Å²) in [5, 5.41) is 0.155. The zero-order valence-electron chi connectivity index (χ0n) is 11.7. The molecule has 0 unspecified atom stereocenters. The van der Waals surface area contributed by atoms with Crippen molar-refractivity contribution in [3.05, 3.63) is 23.3 Å². The first-order chi connectivity index (χ1) is 7.67. The standard InChI is InChI=1S/C14H22BNO/c1-9-7-11(8-10(2)12(9)16)15-13(3,4)14(5,6)17-15/h7-8H,16H2,1-6H3. The maximum atomic E-state index is 6.04. The maximum Gasteiger partial charge on any atom is 0.335 e. The molecular weight excluding hydrogens is 209 g/mol. The molecule has 92 valence electrons. The summed E-state index contributed by atoms with van der Waals surface area (Å²) in [5.41, 5.74) is 10.4. The van der Waals surface area contributed by atoms with Gasteiger partial charge >= 0.3 is 6.92 Å². The van der Waals surface area contributed by atoms with Crippen molar-refractivity contribution in [3.63, 3.8) is 0 Å². The van der Waals surface area contributed by atoms with Crippen molar-refractivity contribution in [3.8, 4) is 0 Å². The molecule has 0 amide bonds. The van der Waals surface area contributed by atoms with E-state index in [-0.39, 0.29) is 17.8 Å². The zero-order chi connectivity index (χ0) is 13.0. The second kappa shape index (κ2) is 3.52. The summed E-state index contributed by atoms with van der Waals surface area (Å²) >= 11 is 0. The summed E-state index contributed by atoms with van der Waals surface area (Å²) in [7, 11) is 0. The first-order valence-corrected chi connectivity index (χ1v) is 6.21. The molecule has 0 spiro atoms. The number of hydrogen-bond donors (Lipinski definition) is 1. The summed E-state index contributed by atoms with van der Waals surface area (Å²) in [6.45, 7) is 13.1. The van der Waals surface area contributed by atoms with Gasteiger partial charge in [0.25, 0.3) is 0 Å². The summed E-state index contributed by atoms with van der Waals surface area (Å²) in [4.78, 5) is 0. The highest BCUT2D eigenvalue weighted by Gasteiger charge is 2.59. The lowest BCUT2D eigenvalue weighted by Crippen LogP contribution is -2.66. The molecule has 1 aliphatic heterocycles. The van der Waals surface area contributed by atoms with E-state index in [0.717, 1.165) is 16.8 Å². The molecule has 1 aromatic carbocycles. The van der Waals surface area contributed by atoms with E-state index >= 15 is 0 Å². The van der Waals surface area contributed by atoms with Gasteiger partial charge in [-0.3, -0.25) is 0 Å². The summed E-state index contributed by atoms with van der Waals surface area (Å²) in [6, 6.07) is 4.31. The van der Waals surface area contributed by atoms with Crippen molar-refractivity contribution in [1.29, 1.82) is 0 Å². The van der Waals surface area contributed by atoms with E-state index in [9.17, 15) is 0 Å². The fraction of sp³-hybridized carbons (Fsp3) is 0.571. The van der Waals surface area contributed by atoms with Gasteiger partial charge in [-0.05, 0) is 44.3 Å². The molecule has 2 nitrogen and oxygen atoms in total. The van der Waals surface area contributed by atoms with E-state index in [1.54, 1.807) is 0 Å². The third kappa shape index (κ3) is 1.68. The van der Waals surface area contributed by atoms with Crippen molar-refractivity contribution in [1.82, 2.24) is 0 Å². The van der Waals surface area contributed by atoms with Gasteiger partial charge in [-0.2, -0.15) is 0 Å². The maximum absolute atomic E-state index is 6.04. The van der Waals surface area contributed by atoms with Crippen molar-refractivity contribution in [2.45, 2.75) is 52.5 Å². The Bertz CT molecular complexity index is 442. The number of anilines is 1. The van der Waals surface area contributed by atoms with Crippen LogP contribution in [0.4, 0.5) is 5.69 Å². The van der Waals surface area contributed by atoms with Crippen LogP contribution in [0, 0.1) is 13.8 Å². The van der Waals surface area contributed by atoms with Gasteiger partial charge in [0.1, 0.15) is 0 Å². The highest BCUT2D eigenvalue weighted by molar-refractivity contribution is 6.73. The number of hydrogen-bond acceptors (Lipinski definition) is 2. The molecule has 0 atom stereocenters. The van der Waals surface area contributed by atoms with Crippen LogP contribution in [-0.4, -0.2) is 12.5 Å². The third-order valence-electron chi connectivity index (χ3n) is 4.54. The highest BCUT2D eigenvalue weighted by atomic mass is 16.5. The Hall–Kier alpha value is -0.955. The van der Waals surface area contributed by atoms with Gasteiger partial charge in [-0.1, -0.05) is 26.0 Å². The topological polar surface area (TPSA) is 35.2 Å². The zero-order valence-corrected chi connectivity index (χ0v) is 11.7. The number of rotatable bonds is 1. The minimum absolute atomic E-state index is 0.0547. The van der Waals surface area contributed by atoms with E-state index in [0.29, 0.717) is 0 Å². The van der Waals surface area contributed by atoms with Gasteiger partial charge in [-0.15, -0.1) is 0 Å². The average molecular weight is 231 g/mol. The lowest BCUT2D eigenvalue weighted by Gasteiger charge is -2.57. The van der Waals surface area contributed by atoms with Crippen LogP contribution in [0.25, 0.3) is 0 Å². The number of aryl methyl sites for hydroxylation is 2. The molecule has 1 heterocycles. The predicted octanol–water partition coefficient (Wildman–Crippen LogP) is 2.67. The Balaban J connectivity index is 2.39. The van der Waals surface area contributed by atoms with Crippen LogP contribution in [-0.2, 0) is 4.65 Å². The third-order valence-corrected chi connectivity index (χ3v) is 4.54. The van der Waals surface area contributed by atoms with E-state index in [2.05, 4.69) is 53.7 Å². The van der Waals surface area contributed by atoms with Crippen LogP contribution in [0.5, 0.6) is 0 Å². The summed E-state index contributed by atoms with van der Waals surface area (Å²) in [6.07, 6.45) is 0. The predicted molar refractivity (Wildman–Crippen MR) is 74.9 cm³/mol. The largest absolute Gasteiger partial charge is 0.425 e. The van der Waals surface area contributed by atoms with Crippen LogP contribution < -0.4 is 11.2 Å². The quantitative estimate of drug-likeness (QED) is 0.595. The van der Waals surface area contributed by atoms with Crippen LogP contribution in [0.2, 0.25) is 5.31 Å². The number of benzene rings is 1. The fourth-order valence-electron chi connectivity index (χ4n) is 2.50. The minimum Gasteiger partial charge on any atom is -0.425 e. The van der Waals surface area contributed by atoms with Crippen molar-refractivity contribution < 1.29 is 4.65 Å². The Kier molecular flexibility index (Phi) is 2.59. The lowest BCUT2D eigenvalue weighted by atomic mass is 9.33. The molecule has 0 saturated carbocycles. The summed E-state index contributed by atoms with van der Waals surface area (Å²) < 4.78 is 6.04. The number of nitrogen functional groups attached to an aromatic ring is 1. The molecule has 1 fully saturated rings. The number of nitrogens with two attached hydrogens (primary N) is 1. The van der Waals surface area contributed by atoms with Gasteiger partial charge < -0.3 is 10.4 Å². The van der Waals surface area contributed by atoms with E-state index < -0.39 is 0 Å². The van der Waals surface area contributed by atoms with Gasteiger partial charge in [0.05, 0.1) is 0 Å². The molecule has 3 heteroatoms. The van der Waals surface area contributed by atoms with Crippen LogP contribution in [0.15, 0.2) is 12.1 Å². The Morgan fingerprint density at radius 2 is 1.53 bits per heavy atom. The Labute approximate surface area is 105 Å². The molecule has 17 heavy (non-hydrogen) atoms. The normalized spacial score (nSPS) is 21.2. The molecule has 0 aromatic heterocycles. The van der Waals surface area contributed by atoms with Crippen LogP contribution in [0.3, 0.4) is 0 Å². The van der Waals surface area contributed by atoms with Gasteiger partial charge in [0, 0.05) is 16.6 Å². The molecule has 0 radical (unpaired) electrons. The Morgan fingerprint density at radius 3 is 1.88 bits per heavy atom. The van der Waals surface area contributed by atoms with E-state index in [4.69, 9.17) is 10.4 Å². The SMILES string of the molecule is Cc1cc(B2OC(C)(C)C2(C)C)cc(C)c1N. The second-order valence-corrected chi connectivity index (χ2v) is 6.30. The van der Waals surface area contributed by atoms with E-state index in [1.807, 2.05) is 0 Å². The molecular formula is C14H22BNO. The molecule has 1 aliphatic rings.